The second-order valence-corrected chi connectivity index (χ2v) is 5.97. The van der Waals surface area contributed by atoms with E-state index in [0.717, 1.165) is 52.4 Å². The van der Waals surface area contributed by atoms with Gasteiger partial charge in [-0.3, -0.25) is 19.4 Å². The van der Waals surface area contributed by atoms with Crippen LogP contribution in [0.3, 0.4) is 0 Å². The molecule has 2 saturated heterocycles. The summed E-state index contributed by atoms with van der Waals surface area (Å²) >= 11 is 0. The summed E-state index contributed by atoms with van der Waals surface area (Å²) in [5.41, 5.74) is 0. The average molecular weight is 407 g/mol. The first-order chi connectivity index (χ1) is 10.1. The van der Waals surface area contributed by atoms with Crippen molar-refractivity contribution in [2.24, 2.45) is 0 Å². The van der Waals surface area contributed by atoms with E-state index < -0.39 is 0 Å². The van der Waals surface area contributed by atoms with Crippen LogP contribution in [0.5, 0.6) is 0 Å². The molecule has 0 unspecified atom stereocenters. The number of likely N-dealkylation sites (N-methyl/N-ethyl adjacent to an activating group) is 1. The van der Waals surface area contributed by atoms with E-state index in [2.05, 4.69) is 15.1 Å². The van der Waals surface area contributed by atoms with Crippen molar-refractivity contribution in [1.82, 2.24) is 24.9 Å². The van der Waals surface area contributed by atoms with Gasteiger partial charge in [-0.25, -0.2) is 0 Å². The first kappa shape index (κ1) is 25.9. The molecule has 24 heavy (non-hydrogen) atoms. The van der Waals surface area contributed by atoms with Gasteiger partial charge in [0.05, 0.1) is 13.1 Å². The monoisotopic (exact) mass is 405 g/mol. The van der Waals surface area contributed by atoms with Gasteiger partial charge in [-0.1, -0.05) is 0 Å². The molecule has 0 atom stereocenters. The van der Waals surface area contributed by atoms with Crippen LogP contribution < -0.4 is 5.32 Å². The summed E-state index contributed by atoms with van der Waals surface area (Å²) in [6, 6.07) is 0. The Bertz CT molecular complexity index is 373. The summed E-state index contributed by atoms with van der Waals surface area (Å²) in [6.07, 6.45) is 0. The molecule has 0 aromatic heterocycles. The average Bonchev–Trinajstić information content (AvgIpc) is 2.48. The third-order valence-electron chi connectivity index (χ3n) is 4.15. The SMILES string of the molecule is CN(C)C(=O)CN1CCN(C(=O)CN2CCNCC2)CC1.Cl.Cl.Cl. The molecule has 2 aliphatic rings. The van der Waals surface area contributed by atoms with E-state index in [1.807, 2.05) is 4.90 Å². The van der Waals surface area contributed by atoms with Crippen LogP contribution in [0.2, 0.25) is 0 Å². The molecule has 144 valence electrons. The fraction of sp³-hybridized carbons (Fsp3) is 0.857. The molecule has 2 aliphatic heterocycles. The quantitative estimate of drug-likeness (QED) is 0.675. The maximum absolute atomic E-state index is 12.3. The molecular formula is C14H30Cl3N5O2. The van der Waals surface area contributed by atoms with Crippen LogP contribution in [0.1, 0.15) is 0 Å². The van der Waals surface area contributed by atoms with E-state index in [4.69, 9.17) is 0 Å². The molecule has 0 bridgehead atoms. The number of hydrogen-bond acceptors (Lipinski definition) is 5. The highest BCUT2D eigenvalue weighted by Crippen LogP contribution is 2.04. The standard InChI is InChI=1S/C14H27N5O2.3ClH/c1-16(2)13(20)11-18-7-9-19(10-8-18)14(21)12-17-5-3-15-4-6-17;;;/h15H,3-12H2,1-2H3;3*1H. The Balaban J connectivity index is 0. The third-order valence-corrected chi connectivity index (χ3v) is 4.15. The van der Waals surface area contributed by atoms with Gasteiger partial charge in [0.15, 0.2) is 0 Å². The second kappa shape index (κ2) is 13.0. The largest absolute Gasteiger partial charge is 0.348 e. The lowest BCUT2D eigenvalue weighted by Crippen LogP contribution is -2.54. The Kier molecular flexibility index (Phi) is 14.0. The molecular weight excluding hydrogens is 377 g/mol. The van der Waals surface area contributed by atoms with Gasteiger partial charge in [-0.15, -0.1) is 37.2 Å². The molecule has 0 spiro atoms. The highest BCUT2D eigenvalue weighted by atomic mass is 35.5. The minimum absolute atomic E-state index is 0. The van der Waals surface area contributed by atoms with E-state index >= 15 is 0 Å². The number of nitrogens with zero attached hydrogens (tertiary/aromatic N) is 4. The van der Waals surface area contributed by atoms with Gasteiger partial charge in [-0.05, 0) is 0 Å². The van der Waals surface area contributed by atoms with Crippen molar-refractivity contribution in [3.8, 4) is 0 Å². The fourth-order valence-electron chi connectivity index (χ4n) is 2.65. The third kappa shape index (κ3) is 8.18. The van der Waals surface area contributed by atoms with E-state index in [1.54, 1.807) is 19.0 Å². The predicted molar refractivity (Wildman–Crippen MR) is 103 cm³/mol. The van der Waals surface area contributed by atoms with Crippen molar-refractivity contribution >= 4 is 49.0 Å². The first-order valence-electron chi connectivity index (χ1n) is 7.69. The Morgan fingerprint density at radius 1 is 0.833 bits per heavy atom. The topological polar surface area (TPSA) is 59.1 Å². The van der Waals surface area contributed by atoms with Crippen LogP contribution in [0.4, 0.5) is 0 Å². The van der Waals surface area contributed by atoms with E-state index in [9.17, 15) is 9.59 Å². The molecule has 1 N–H and O–H groups in total. The molecule has 0 saturated carbocycles. The number of amides is 2. The number of carbonyl (C=O) groups excluding carboxylic acids is 2. The van der Waals surface area contributed by atoms with Gasteiger partial charge in [0.2, 0.25) is 11.8 Å². The smallest absolute Gasteiger partial charge is 0.236 e. The Labute approximate surface area is 163 Å². The minimum atomic E-state index is 0. The summed E-state index contributed by atoms with van der Waals surface area (Å²) < 4.78 is 0. The van der Waals surface area contributed by atoms with Gasteiger partial charge < -0.3 is 15.1 Å². The van der Waals surface area contributed by atoms with Gasteiger partial charge in [-0.2, -0.15) is 0 Å². The van der Waals surface area contributed by atoms with Gasteiger partial charge in [0.25, 0.3) is 0 Å². The van der Waals surface area contributed by atoms with Crippen molar-refractivity contribution in [2.45, 2.75) is 0 Å². The summed E-state index contributed by atoms with van der Waals surface area (Å²) in [5.74, 6) is 0.339. The van der Waals surface area contributed by atoms with Crippen LogP contribution in [0, 0.1) is 0 Å². The Morgan fingerprint density at radius 2 is 1.33 bits per heavy atom. The molecule has 2 fully saturated rings. The number of hydrogen-bond donors (Lipinski definition) is 1. The normalized spacial score (nSPS) is 18.7. The Morgan fingerprint density at radius 3 is 1.83 bits per heavy atom. The number of nitrogens with one attached hydrogen (secondary N) is 1. The zero-order chi connectivity index (χ0) is 15.2. The fourth-order valence-corrected chi connectivity index (χ4v) is 2.65. The van der Waals surface area contributed by atoms with E-state index in [0.29, 0.717) is 13.1 Å². The molecule has 0 radical (unpaired) electrons. The predicted octanol–water partition coefficient (Wildman–Crippen LogP) is -0.611. The molecule has 0 aromatic carbocycles. The number of halogens is 3. The van der Waals surface area contributed by atoms with Crippen molar-refractivity contribution in [3.05, 3.63) is 0 Å². The zero-order valence-corrected chi connectivity index (χ0v) is 16.9. The van der Waals surface area contributed by atoms with Crippen molar-refractivity contribution in [2.75, 3.05) is 79.5 Å². The lowest BCUT2D eigenvalue weighted by Gasteiger charge is -2.36. The van der Waals surface area contributed by atoms with Crippen LogP contribution in [0.25, 0.3) is 0 Å². The summed E-state index contributed by atoms with van der Waals surface area (Å²) in [7, 11) is 3.55. The lowest BCUT2D eigenvalue weighted by molar-refractivity contribution is -0.135. The molecule has 10 heteroatoms. The van der Waals surface area contributed by atoms with Gasteiger partial charge >= 0.3 is 0 Å². The van der Waals surface area contributed by atoms with Crippen LogP contribution in [0.15, 0.2) is 0 Å². The van der Waals surface area contributed by atoms with Crippen molar-refractivity contribution in [1.29, 1.82) is 0 Å². The first-order valence-corrected chi connectivity index (χ1v) is 7.69. The number of rotatable bonds is 4. The number of piperazine rings is 2. The summed E-state index contributed by atoms with van der Waals surface area (Å²) in [5, 5.41) is 3.29. The van der Waals surface area contributed by atoms with Gasteiger partial charge in [0, 0.05) is 66.5 Å². The zero-order valence-electron chi connectivity index (χ0n) is 14.4. The molecule has 2 amide bonds. The van der Waals surface area contributed by atoms with Crippen LogP contribution in [-0.4, -0.2) is 111 Å². The highest BCUT2D eigenvalue weighted by Gasteiger charge is 2.24. The minimum Gasteiger partial charge on any atom is -0.348 e. The molecule has 0 aliphatic carbocycles. The summed E-state index contributed by atoms with van der Waals surface area (Å²) in [4.78, 5) is 31.8. The van der Waals surface area contributed by atoms with Gasteiger partial charge in [0.1, 0.15) is 0 Å². The second-order valence-electron chi connectivity index (χ2n) is 5.97. The highest BCUT2D eigenvalue weighted by molar-refractivity contribution is 5.86. The molecule has 2 rings (SSSR count). The number of carbonyl (C=O) groups is 2. The molecule has 0 aromatic rings. The van der Waals surface area contributed by atoms with Crippen LogP contribution >= 0.6 is 37.2 Å². The molecule has 2 heterocycles. The maximum Gasteiger partial charge on any atom is 0.236 e. The van der Waals surface area contributed by atoms with Crippen molar-refractivity contribution in [3.63, 3.8) is 0 Å². The lowest BCUT2D eigenvalue weighted by atomic mass is 10.3. The maximum atomic E-state index is 12.3. The Hall–Kier alpha value is -0.310. The summed E-state index contributed by atoms with van der Waals surface area (Å²) in [6.45, 7) is 7.83. The molecule has 7 nitrogen and oxygen atoms in total. The van der Waals surface area contributed by atoms with Crippen LogP contribution in [-0.2, 0) is 9.59 Å². The van der Waals surface area contributed by atoms with E-state index in [-0.39, 0.29) is 49.0 Å². The van der Waals surface area contributed by atoms with E-state index in [1.165, 1.54) is 0 Å². The van der Waals surface area contributed by atoms with Crippen molar-refractivity contribution < 1.29 is 9.59 Å².